The van der Waals surface area contributed by atoms with Crippen molar-refractivity contribution >= 4 is 29.2 Å². The number of rotatable bonds is 10. The zero-order valence-corrected chi connectivity index (χ0v) is 19.8. The van der Waals surface area contributed by atoms with Crippen molar-refractivity contribution in [3.63, 3.8) is 0 Å². The van der Waals surface area contributed by atoms with Crippen molar-refractivity contribution in [3.05, 3.63) is 76.1 Å². The molecule has 2 rings (SSSR count). The maximum atomic E-state index is 4.71. The molecular weight excluding hydrogens is 394 g/mol. The van der Waals surface area contributed by atoms with Gasteiger partial charge in [-0.05, 0) is 43.7 Å². The summed E-state index contributed by atoms with van der Waals surface area (Å²) in [5.74, 6) is 0.925. The minimum Gasteiger partial charge on any atom is -0.354 e. The van der Waals surface area contributed by atoms with E-state index in [0.29, 0.717) is 11.8 Å². The van der Waals surface area contributed by atoms with Crippen LogP contribution in [0.4, 0.5) is 0 Å². The van der Waals surface area contributed by atoms with E-state index in [-0.39, 0.29) is 0 Å². The summed E-state index contributed by atoms with van der Waals surface area (Å²) in [6.07, 6.45) is 10.0. The molecule has 1 aromatic rings. The predicted octanol–water partition coefficient (Wildman–Crippen LogP) is 7.08. The Kier molecular flexibility index (Phi) is 9.31. The lowest BCUT2D eigenvalue weighted by molar-refractivity contribution is 0.403. The molecule has 0 radical (unpaired) electrons. The normalized spacial score (nSPS) is 14.8. The summed E-state index contributed by atoms with van der Waals surface area (Å²) >= 11 is 3.47. The SMILES string of the molecule is C=C(Cc1ccccn1)NC(=C)S/C(=C\C)SCC1=NC=C(CC(C)(C)C)CC1. The summed E-state index contributed by atoms with van der Waals surface area (Å²) in [5, 5.41) is 4.18. The highest BCUT2D eigenvalue weighted by atomic mass is 32.2. The van der Waals surface area contributed by atoms with Gasteiger partial charge in [-0.25, -0.2) is 0 Å². The van der Waals surface area contributed by atoms with Gasteiger partial charge in [0.05, 0.1) is 5.03 Å². The fraction of sp³-hybridized carbons (Fsp3) is 0.417. The maximum absolute atomic E-state index is 4.71. The second kappa shape index (κ2) is 11.5. The van der Waals surface area contributed by atoms with E-state index in [1.165, 1.54) is 15.5 Å². The molecule has 0 spiro atoms. The number of thioether (sulfide) groups is 2. The Morgan fingerprint density at radius 3 is 2.62 bits per heavy atom. The fourth-order valence-electron chi connectivity index (χ4n) is 2.98. The van der Waals surface area contributed by atoms with Crippen LogP contribution in [0.2, 0.25) is 0 Å². The molecule has 29 heavy (non-hydrogen) atoms. The number of hydrogen-bond donors (Lipinski definition) is 1. The van der Waals surface area contributed by atoms with Crippen molar-refractivity contribution in [2.45, 2.75) is 53.4 Å². The van der Waals surface area contributed by atoms with Crippen LogP contribution >= 0.6 is 23.5 Å². The van der Waals surface area contributed by atoms with Crippen molar-refractivity contribution < 1.29 is 0 Å². The Hall–Kier alpha value is -1.72. The second-order valence-corrected chi connectivity index (χ2v) is 10.8. The molecule has 0 bridgehead atoms. The minimum absolute atomic E-state index is 0.330. The Bertz CT molecular complexity index is 799. The highest BCUT2D eigenvalue weighted by Gasteiger charge is 2.16. The van der Waals surface area contributed by atoms with Gasteiger partial charge in [0.15, 0.2) is 0 Å². The molecule has 1 aliphatic rings. The predicted molar refractivity (Wildman–Crippen MR) is 132 cm³/mol. The van der Waals surface area contributed by atoms with Crippen molar-refractivity contribution in [2.75, 3.05) is 5.75 Å². The first-order valence-electron chi connectivity index (χ1n) is 9.99. The third-order valence-corrected chi connectivity index (χ3v) is 6.59. The summed E-state index contributed by atoms with van der Waals surface area (Å²) in [4.78, 5) is 9.05. The van der Waals surface area contributed by atoms with Gasteiger partial charge in [-0.3, -0.25) is 9.98 Å². The monoisotopic (exact) mass is 427 g/mol. The topological polar surface area (TPSA) is 37.3 Å². The standard InChI is InChI=1S/C24H33N3S2/c1-7-23(28-17-22-12-11-20(16-26-22)15-24(4,5)6)29-19(3)27-18(2)14-21-10-8-9-13-25-21/h7-10,13,16,27H,2-3,11-12,14-15,17H2,1,4-6H3/b23-7-. The van der Waals surface area contributed by atoms with Gasteiger partial charge in [0.2, 0.25) is 0 Å². The van der Waals surface area contributed by atoms with Gasteiger partial charge in [-0.15, -0.1) is 11.8 Å². The van der Waals surface area contributed by atoms with Crippen molar-refractivity contribution in [1.29, 1.82) is 0 Å². The summed E-state index contributed by atoms with van der Waals surface area (Å²) in [6.45, 7) is 17.1. The molecule has 1 N–H and O–H groups in total. The number of allylic oxidation sites excluding steroid dienone is 3. The number of hydrogen-bond acceptors (Lipinski definition) is 5. The zero-order valence-electron chi connectivity index (χ0n) is 18.1. The maximum Gasteiger partial charge on any atom is 0.0703 e. The van der Waals surface area contributed by atoms with Crippen molar-refractivity contribution in [1.82, 2.24) is 10.3 Å². The van der Waals surface area contributed by atoms with E-state index in [0.717, 1.165) is 41.4 Å². The molecule has 2 heterocycles. The molecule has 156 valence electrons. The van der Waals surface area contributed by atoms with Crippen LogP contribution in [0.3, 0.4) is 0 Å². The lowest BCUT2D eigenvalue weighted by atomic mass is 9.86. The first-order chi connectivity index (χ1) is 13.7. The Balaban J connectivity index is 1.77. The molecule has 0 unspecified atom stereocenters. The van der Waals surface area contributed by atoms with Gasteiger partial charge < -0.3 is 5.32 Å². The molecule has 0 saturated carbocycles. The molecule has 0 aliphatic carbocycles. The third-order valence-electron chi connectivity index (χ3n) is 4.20. The number of nitrogens with zero attached hydrogens (tertiary/aromatic N) is 2. The fourth-order valence-corrected chi connectivity index (χ4v) is 4.94. The van der Waals surface area contributed by atoms with Crippen LogP contribution in [0.25, 0.3) is 0 Å². The molecule has 0 fully saturated rings. The molecule has 1 aromatic heterocycles. The lowest BCUT2D eigenvalue weighted by Crippen LogP contribution is -2.12. The average Bonchev–Trinajstić information content (AvgIpc) is 2.65. The summed E-state index contributed by atoms with van der Waals surface area (Å²) < 4.78 is 1.22. The van der Waals surface area contributed by atoms with Gasteiger partial charge in [0.1, 0.15) is 0 Å². The van der Waals surface area contributed by atoms with E-state index in [9.17, 15) is 0 Å². The van der Waals surface area contributed by atoms with Crippen LogP contribution in [0.15, 0.2) is 75.4 Å². The van der Waals surface area contributed by atoms with E-state index in [1.54, 1.807) is 18.0 Å². The van der Waals surface area contributed by atoms with E-state index < -0.39 is 0 Å². The first kappa shape index (κ1) is 23.6. The zero-order chi connectivity index (χ0) is 21.3. The van der Waals surface area contributed by atoms with E-state index >= 15 is 0 Å². The number of aromatic nitrogens is 1. The van der Waals surface area contributed by atoms with Crippen LogP contribution in [0.1, 0.15) is 52.7 Å². The van der Waals surface area contributed by atoms with Crippen LogP contribution in [-0.4, -0.2) is 16.4 Å². The van der Waals surface area contributed by atoms with Crippen LogP contribution in [0, 0.1) is 5.41 Å². The first-order valence-corrected chi connectivity index (χ1v) is 11.8. The number of aliphatic imine (C=N–C) groups is 1. The van der Waals surface area contributed by atoms with Gasteiger partial charge in [0, 0.05) is 45.9 Å². The summed E-state index contributed by atoms with van der Waals surface area (Å²) in [7, 11) is 0. The summed E-state index contributed by atoms with van der Waals surface area (Å²) in [5.41, 5.74) is 4.96. The van der Waals surface area contributed by atoms with Crippen LogP contribution in [0.5, 0.6) is 0 Å². The highest BCUT2D eigenvalue weighted by Crippen LogP contribution is 2.34. The van der Waals surface area contributed by atoms with E-state index in [2.05, 4.69) is 63.4 Å². The van der Waals surface area contributed by atoms with Gasteiger partial charge >= 0.3 is 0 Å². The number of pyridine rings is 1. The number of nitrogens with one attached hydrogen (secondary N) is 1. The van der Waals surface area contributed by atoms with Crippen molar-refractivity contribution in [3.8, 4) is 0 Å². The van der Waals surface area contributed by atoms with Gasteiger partial charge in [-0.2, -0.15) is 0 Å². The van der Waals surface area contributed by atoms with Crippen LogP contribution < -0.4 is 5.32 Å². The largest absolute Gasteiger partial charge is 0.354 e. The van der Waals surface area contributed by atoms with Crippen molar-refractivity contribution in [2.24, 2.45) is 10.4 Å². The van der Waals surface area contributed by atoms with E-state index in [4.69, 9.17) is 4.99 Å². The molecular formula is C24H33N3S2. The Morgan fingerprint density at radius 1 is 1.24 bits per heavy atom. The molecule has 0 amide bonds. The Morgan fingerprint density at radius 2 is 2.03 bits per heavy atom. The molecule has 1 aliphatic heterocycles. The Labute approximate surface area is 185 Å². The summed E-state index contributed by atoms with van der Waals surface area (Å²) in [6, 6.07) is 5.91. The third kappa shape index (κ3) is 9.55. The molecule has 0 atom stereocenters. The van der Waals surface area contributed by atoms with Gasteiger partial charge in [0.25, 0.3) is 0 Å². The molecule has 0 aromatic carbocycles. The average molecular weight is 428 g/mol. The quantitative estimate of drug-likeness (QED) is 0.433. The minimum atomic E-state index is 0.330. The van der Waals surface area contributed by atoms with Gasteiger partial charge in [-0.1, -0.05) is 63.4 Å². The van der Waals surface area contributed by atoms with E-state index in [1.807, 2.05) is 30.0 Å². The highest BCUT2D eigenvalue weighted by molar-refractivity contribution is 8.24. The lowest BCUT2D eigenvalue weighted by Gasteiger charge is -2.22. The molecule has 5 heteroatoms. The smallest absolute Gasteiger partial charge is 0.0703 e. The molecule has 0 saturated heterocycles. The molecule has 3 nitrogen and oxygen atoms in total. The van der Waals surface area contributed by atoms with Crippen LogP contribution in [-0.2, 0) is 6.42 Å². The second-order valence-electron chi connectivity index (χ2n) is 8.37.